The highest BCUT2D eigenvalue weighted by Crippen LogP contribution is 2.21. The first-order valence-electron chi connectivity index (χ1n) is 8.82. The fraction of sp³-hybridized carbons (Fsp3) is 0.190. The van der Waals surface area contributed by atoms with Crippen LogP contribution in [-0.2, 0) is 4.79 Å². The van der Waals surface area contributed by atoms with Gasteiger partial charge in [-0.25, -0.2) is 4.68 Å². The van der Waals surface area contributed by atoms with Gasteiger partial charge in [0.05, 0.1) is 12.8 Å². The summed E-state index contributed by atoms with van der Waals surface area (Å²) in [5.74, 6) is 0.399. The highest BCUT2D eigenvalue weighted by atomic mass is 35.5. The molecule has 0 radical (unpaired) electrons. The minimum Gasteiger partial charge on any atom is -0.497 e. The van der Waals surface area contributed by atoms with E-state index in [-0.39, 0.29) is 11.5 Å². The summed E-state index contributed by atoms with van der Waals surface area (Å²) in [5, 5.41) is 7.74. The molecule has 3 rings (SSSR count). The summed E-state index contributed by atoms with van der Waals surface area (Å²) in [4.78, 5) is 25.2. The Morgan fingerprint density at radius 2 is 1.93 bits per heavy atom. The second-order valence-electron chi connectivity index (χ2n) is 6.15. The van der Waals surface area contributed by atoms with Crippen molar-refractivity contribution in [2.75, 3.05) is 12.4 Å². The molecule has 2 aromatic carbocycles. The van der Waals surface area contributed by atoms with Crippen molar-refractivity contribution in [3.05, 3.63) is 76.0 Å². The molecular weight excluding hydrogens is 378 g/mol. The zero-order valence-electron chi connectivity index (χ0n) is 15.6. The van der Waals surface area contributed by atoms with Crippen LogP contribution in [0.1, 0.15) is 19.4 Å². The van der Waals surface area contributed by atoms with Crippen LogP contribution in [0.15, 0.2) is 65.5 Å². The predicted molar refractivity (Wildman–Crippen MR) is 110 cm³/mol. The summed E-state index contributed by atoms with van der Waals surface area (Å²) in [6.45, 7) is 1.83. The molecule has 0 fully saturated rings. The maximum absolute atomic E-state index is 12.8. The van der Waals surface area contributed by atoms with Crippen molar-refractivity contribution >= 4 is 23.2 Å². The van der Waals surface area contributed by atoms with Gasteiger partial charge in [-0.2, -0.15) is 5.10 Å². The van der Waals surface area contributed by atoms with Crippen LogP contribution in [0.5, 0.6) is 5.75 Å². The number of rotatable bonds is 6. The number of nitrogens with zero attached hydrogens (tertiary/aromatic N) is 2. The van der Waals surface area contributed by atoms with Gasteiger partial charge in [0, 0.05) is 22.3 Å². The Bertz CT molecular complexity index is 1030. The van der Waals surface area contributed by atoms with Crippen LogP contribution in [0.3, 0.4) is 0 Å². The molecule has 7 heteroatoms. The van der Waals surface area contributed by atoms with E-state index >= 15 is 0 Å². The molecule has 0 unspecified atom stereocenters. The SMILES string of the molecule is CC[C@H](C(=O)Nc1cccc(Cl)c1)n1nc(-c2ccc(OC)cc2)ccc1=O. The van der Waals surface area contributed by atoms with Crippen molar-refractivity contribution in [3.8, 4) is 17.0 Å². The Hall–Kier alpha value is -3.12. The van der Waals surface area contributed by atoms with E-state index < -0.39 is 6.04 Å². The molecular formula is C21H20ClN3O3. The molecule has 0 spiro atoms. The molecule has 144 valence electrons. The number of carbonyl (C=O) groups excluding carboxylic acids is 1. The lowest BCUT2D eigenvalue weighted by molar-refractivity contribution is -0.119. The number of ether oxygens (including phenoxy) is 1. The van der Waals surface area contributed by atoms with Gasteiger partial charge in [-0.3, -0.25) is 9.59 Å². The van der Waals surface area contributed by atoms with E-state index in [0.29, 0.717) is 22.8 Å². The molecule has 1 N–H and O–H groups in total. The third-order valence-electron chi connectivity index (χ3n) is 4.29. The Morgan fingerprint density at radius 1 is 1.18 bits per heavy atom. The number of amides is 1. The van der Waals surface area contributed by atoms with E-state index in [1.165, 1.54) is 10.7 Å². The monoisotopic (exact) mass is 397 g/mol. The minimum atomic E-state index is -0.746. The lowest BCUT2D eigenvalue weighted by atomic mass is 10.1. The van der Waals surface area contributed by atoms with Crippen molar-refractivity contribution in [2.45, 2.75) is 19.4 Å². The summed E-state index contributed by atoms with van der Waals surface area (Å²) >= 11 is 5.97. The number of anilines is 1. The van der Waals surface area contributed by atoms with Gasteiger partial charge in [0.15, 0.2) is 0 Å². The topological polar surface area (TPSA) is 73.2 Å². The largest absolute Gasteiger partial charge is 0.497 e. The number of nitrogens with one attached hydrogen (secondary N) is 1. The minimum absolute atomic E-state index is 0.328. The average Bonchev–Trinajstić information content (AvgIpc) is 2.70. The zero-order chi connectivity index (χ0) is 20.1. The standard InChI is InChI=1S/C21H20ClN3O3/c1-3-19(21(27)23-16-6-4-5-15(22)13-16)25-20(26)12-11-18(24-25)14-7-9-17(28-2)10-8-14/h4-13,19H,3H2,1-2H3,(H,23,27)/t19-/m1/s1. The second-order valence-corrected chi connectivity index (χ2v) is 6.59. The number of carbonyl (C=O) groups is 1. The quantitative estimate of drug-likeness (QED) is 0.677. The van der Waals surface area contributed by atoms with Gasteiger partial charge in [-0.15, -0.1) is 0 Å². The molecule has 6 nitrogen and oxygen atoms in total. The van der Waals surface area contributed by atoms with Crippen molar-refractivity contribution in [3.63, 3.8) is 0 Å². The van der Waals surface area contributed by atoms with Gasteiger partial charge in [0.25, 0.3) is 5.56 Å². The average molecular weight is 398 g/mol. The molecule has 1 heterocycles. The van der Waals surface area contributed by atoms with Crippen molar-refractivity contribution in [2.24, 2.45) is 0 Å². The first-order chi connectivity index (χ1) is 13.5. The normalized spacial score (nSPS) is 11.7. The summed E-state index contributed by atoms with van der Waals surface area (Å²) < 4.78 is 6.38. The van der Waals surface area contributed by atoms with E-state index in [0.717, 1.165) is 11.3 Å². The smallest absolute Gasteiger partial charge is 0.267 e. The van der Waals surface area contributed by atoms with Gasteiger partial charge < -0.3 is 10.1 Å². The Labute approximate surface area is 167 Å². The molecule has 3 aromatic rings. The van der Waals surface area contributed by atoms with E-state index in [1.807, 2.05) is 31.2 Å². The summed E-state index contributed by atoms with van der Waals surface area (Å²) in [5.41, 5.74) is 1.64. The van der Waals surface area contributed by atoms with Crippen LogP contribution >= 0.6 is 11.6 Å². The maximum Gasteiger partial charge on any atom is 0.267 e. The fourth-order valence-electron chi connectivity index (χ4n) is 2.83. The molecule has 0 bridgehead atoms. The Kier molecular flexibility index (Phi) is 6.11. The molecule has 28 heavy (non-hydrogen) atoms. The van der Waals surface area contributed by atoms with Gasteiger partial charge in [-0.05, 0) is 55.0 Å². The first-order valence-corrected chi connectivity index (χ1v) is 9.20. The maximum atomic E-state index is 12.8. The van der Waals surface area contributed by atoms with Crippen molar-refractivity contribution in [1.82, 2.24) is 9.78 Å². The van der Waals surface area contributed by atoms with Crippen LogP contribution in [0, 0.1) is 0 Å². The molecule has 1 aromatic heterocycles. The molecule has 0 aliphatic rings. The summed E-state index contributed by atoms with van der Waals surface area (Å²) in [7, 11) is 1.60. The second kappa shape index (κ2) is 8.71. The van der Waals surface area contributed by atoms with E-state index in [4.69, 9.17) is 16.3 Å². The third kappa shape index (κ3) is 4.40. The van der Waals surface area contributed by atoms with Crippen molar-refractivity contribution < 1.29 is 9.53 Å². The van der Waals surface area contributed by atoms with Gasteiger partial charge in [0.2, 0.25) is 5.91 Å². The Balaban J connectivity index is 1.91. The number of methoxy groups -OCH3 is 1. The number of hydrogen-bond acceptors (Lipinski definition) is 4. The molecule has 1 atom stereocenters. The number of benzene rings is 2. The fourth-order valence-corrected chi connectivity index (χ4v) is 3.02. The van der Waals surface area contributed by atoms with Crippen LogP contribution in [0.4, 0.5) is 5.69 Å². The Morgan fingerprint density at radius 3 is 2.57 bits per heavy atom. The van der Waals surface area contributed by atoms with E-state index in [9.17, 15) is 9.59 Å². The number of aromatic nitrogens is 2. The molecule has 0 saturated carbocycles. The predicted octanol–water partition coefficient (Wildman–Crippen LogP) is 4.16. The molecule has 0 saturated heterocycles. The summed E-state index contributed by atoms with van der Waals surface area (Å²) in [6.07, 6.45) is 0.408. The molecule has 1 amide bonds. The van der Waals surface area contributed by atoms with Crippen molar-refractivity contribution in [1.29, 1.82) is 0 Å². The van der Waals surface area contributed by atoms with Crippen LogP contribution in [0.2, 0.25) is 5.02 Å². The third-order valence-corrected chi connectivity index (χ3v) is 4.52. The summed E-state index contributed by atoms with van der Waals surface area (Å²) in [6, 6.07) is 16.5. The highest BCUT2D eigenvalue weighted by molar-refractivity contribution is 6.30. The highest BCUT2D eigenvalue weighted by Gasteiger charge is 2.21. The number of halogens is 1. The van der Waals surface area contributed by atoms with Gasteiger partial charge >= 0.3 is 0 Å². The lowest BCUT2D eigenvalue weighted by Gasteiger charge is -2.17. The lowest BCUT2D eigenvalue weighted by Crippen LogP contribution is -2.34. The number of hydrogen-bond donors (Lipinski definition) is 1. The van der Waals surface area contributed by atoms with E-state index in [2.05, 4.69) is 10.4 Å². The molecule has 0 aliphatic carbocycles. The van der Waals surface area contributed by atoms with Crippen LogP contribution < -0.4 is 15.6 Å². The van der Waals surface area contributed by atoms with Gasteiger partial charge in [0.1, 0.15) is 11.8 Å². The van der Waals surface area contributed by atoms with Crippen LogP contribution in [-0.4, -0.2) is 22.8 Å². The van der Waals surface area contributed by atoms with E-state index in [1.54, 1.807) is 37.4 Å². The van der Waals surface area contributed by atoms with Crippen LogP contribution in [0.25, 0.3) is 11.3 Å². The molecule has 0 aliphatic heterocycles. The first kappa shape index (κ1) is 19.6. The zero-order valence-corrected chi connectivity index (χ0v) is 16.3. The van der Waals surface area contributed by atoms with Gasteiger partial charge in [-0.1, -0.05) is 24.6 Å².